The van der Waals surface area contributed by atoms with Crippen molar-refractivity contribution < 1.29 is 19.1 Å². The number of carboxylic acids is 1. The molecule has 0 bridgehead atoms. The maximum Gasteiger partial charge on any atom is 0.338 e. The Balaban J connectivity index is 1.98. The molecule has 21 heavy (non-hydrogen) atoms. The molecule has 1 amide bonds. The van der Waals surface area contributed by atoms with Crippen LogP contribution in [-0.2, 0) is 6.42 Å². The van der Waals surface area contributed by atoms with Crippen LogP contribution < -0.4 is 5.32 Å². The van der Waals surface area contributed by atoms with Gasteiger partial charge in [0.2, 0.25) is 0 Å². The van der Waals surface area contributed by atoms with E-state index in [4.69, 9.17) is 9.52 Å². The molecule has 2 N–H and O–H groups in total. The standard InChI is InChI=1S/C16H17NO4/c1-10-5-3-4-6-12(10)7-11(2)17-15(18)14-8-13(9-21-14)16(19)20/h3-6,8-9,11H,7H2,1-2H3,(H,17,18)(H,19,20). The van der Waals surface area contributed by atoms with Crippen molar-refractivity contribution in [3.8, 4) is 0 Å². The zero-order chi connectivity index (χ0) is 15.4. The van der Waals surface area contributed by atoms with Crippen LogP contribution in [0.5, 0.6) is 0 Å². The number of carbonyl (C=O) groups excluding carboxylic acids is 1. The molecule has 0 aliphatic heterocycles. The van der Waals surface area contributed by atoms with E-state index in [2.05, 4.69) is 5.32 Å². The first-order chi connectivity index (χ1) is 9.97. The average Bonchev–Trinajstić information content (AvgIpc) is 2.91. The lowest BCUT2D eigenvalue weighted by Gasteiger charge is -2.14. The van der Waals surface area contributed by atoms with Crippen molar-refractivity contribution in [1.82, 2.24) is 5.32 Å². The molecule has 2 aromatic rings. The second kappa shape index (κ2) is 6.26. The van der Waals surface area contributed by atoms with Crippen LogP contribution in [0, 0.1) is 6.92 Å². The van der Waals surface area contributed by atoms with Crippen LogP contribution in [0.15, 0.2) is 41.0 Å². The van der Waals surface area contributed by atoms with E-state index >= 15 is 0 Å². The molecule has 110 valence electrons. The number of furan rings is 1. The van der Waals surface area contributed by atoms with Gasteiger partial charge in [-0.25, -0.2) is 4.79 Å². The molecule has 0 aliphatic rings. The fraction of sp³-hybridized carbons (Fsp3) is 0.250. The van der Waals surface area contributed by atoms with Gasteiger partial charge in [-0.2, -0.15) is 0 Å². The van der Waals surface area contributed by atoms with Gasteiger partial charge in [0.05, 0.1) is 5.56 Å². The first kappa shape index (κ1) is 14.8. The second-order valence-corrected chi connectivity index (χ2v) is 5.01. The molecule has 1 aromatic carbocycles. The molecule has 0 saturated heterocycles. The van der Waals surface area contributed by atoms with Crippen LogP contribution in [0.4, 0.5) is 0 Å². The van der Waals surface area contributed by atoms with E-state index < -0.39 is 11.9 Å². The fourth-order valence-corrected chi connectivity index (χ4v) is 2.08. The molecule has 1 heterocycles. The van der Waals surface area contributed by atoms with Crippen LogP contribution in [0.3, 0.4) is 0 Å². The number of rotatable bonds is 5. The Kier molecular flexibility index (Phi) is 4.42. The Bertz CT molecular complexity index is 660. The number of nitrogens with one attached hydrogen (secondary N) is 1. The van der Waals surface area contributed by atoms with Gasteiger partial charge >= 0.3 is 5.97 Å². The summed E-state index contributed by atoms with van der Waals surface area (Å²) in [7, 11) is 0. The van der Waals surface area contributed by atoms with Gasteiger partial charge in [0.1, 0.15) is 6.26 Å². The van der Waals surface area contributed by atoms with Crippen LogP contribution >= 0.6 is 0 Å². The van der Waals surface area contributed by atoms with Gasteiger partial charge in [-0.3, -0.25) is 4.79 Å². The highest BCUT2D eigenvalue weighted by molar-refractivity contribution is 5.95. The Hall–Kier alpha value is -2.56. The predicted octanol–water partition coefficient (Wildman–Crippen LogP) is 2.65. The van der Waals surface area contributed by atoms with Gasteiger partial charge in [-0.1, -0.05) is 24.3 Å². The molecule has 1 aromatic heterocycles. The molecule has 2 rings (SSSR count). The lowest BCUT2D eigenvalue weighted by Crippen LogP contribution is -2.34. The highest BCUT2D eigenvalue weighted by Gasteiger charge is 2.16. The van der Waals surface area contributed by atoms with E-state index in [1.54, 1.807) is 0 Å². The normalized spacial score (nSPS) is 11.9. The summed E-state index contributed by atoms with van der Waals surface area (Å²) in [5.74, 6) is -1.53. The monoisotopic (exact) mass is 287 g/mol. The molecule has 0 saturated carbocycles. The minimum absolute atomic E-state index is 0.00373. The molecular weight excluding hydrogens is 270 g/mol. The first-order valence-corrected chi connectivity index (χ1v) is 6.64. The van der Waals surface area contributed by atoms with E-state index in [-0.39, 0.29) is 17.4 Å². The summed E-state index contributed by atoms with van der Waals surface area (Å²) in [6, 6.07) is 9.11. The van der Waals surface area contributed by atoms with Crippen LogP contribution in [0.2, 0.25) is 0 Å². The number of carboxylic acid groups (broad SMARTS) is 1. The van der Waals surface area contributed by atoms with Crippen molar-refractivity contribution in [2.45, 2.75) is 26.3 Å². The summed E-state index contributed by atoms with van der Waals surface area (Å²) >= 11 is 0. The Labute approximate surface area is 122 Å². The third-order valence-electron chi connectivity index (χ3n) is 3.24. The number of hydrogen-bond acceptors (Lipinski definition) is 3. The Morgan fingerprint density at radius 1 is 1.33 bits per heavy atom. The Morgan fingerprint density at radius 3 is 2.67 bits per heavy atom. The topological polar surface area (TPSA) is 79.5 Å². The van der Waals surface area contributed by atoms with Crippen molar-refractivity contribution in [1.29, 1.82) is 0 Å². The highest BCUT2D eigenvalue weighted by atomic mass is 16.4. The second-order valence-electron chi connectivity index (χ2n) is 5.01. The van der Waals surface area contributed by atoms with Crippen LogP contribution in [-0.4, -0.2) is 23.0 Å². The van der Waals surface area contributed by atoms with Gasteiger partial charge in [-0.05, 0) is 31.4 Å². The fourth-order valence-electron chi connectivity index (χ4n) is 2.08. The van der Waals surface area contributed by atoms with Gasteiger partial charge in [0, 0.05) is 12.1 Å². The molecule has 0 aliphatic carbocycles. The molecule has 5 nitrogen and oxygen atoms in total. The van der Waals surface area contributed by atoms with Crippen molar-refractivity contribution in [2.24, 2.45) is 0 Å². The zero-order valence-electron chi connectivity index (χ0n) is 11.9. The lowest BCUT2D eigenvalue weighted by atomic mass is 10.0. The summed E-state index contributed by atoms with van der Waals surface area (Å²) in [6.07, 6.45) is 1.76. The van der Waals surface area contributed by atoms with Gasteiger partial charge in [0.15, 0.2) is 5.76 Å². The van der Waals surface area contributed by atoms with Crippen molar-refractivity contribution in [2.75, 3.05) is 0 Å². The van der Waals surface area contributed by atoms with Crippen LogP contribution in [0.1, 0.15) is 39.0 Å². The third-order valence-corrected chi connectivity index (χ3v) is 3.24. The number of benzene rings is 1. The Morgan fingerprint density at radius 2 is 2.05 bits per heavy atom. The highest BCUT2D eigenvalue weighted by Crippen LogP contribution is 2.11. The number of aryl methyl sites for hydroxylation is 1. The molecule has 0 radical (unpaired) electrons. The number of carbonyl (C=O) groups is 2. The molecular formula is C16H17NO4. The van der Waals surface area contributed by atoms with E-state index in [1.807, 2.05) is 38.1 Å². The smallest absolute Gasteiger partial charge is 0.338 e. The van der Waals surface area contributed by atoms with Crippen LogP contribution in [0.25, 0.3) is 0 Å². The molecule has 0 fully saturated rings. The minimum atomic E-state index is -1.12. The number of amides is 1. The number of aromatic carboxylic acids is 1. The van der Waals surface area contributed by atoms with Crippen molar-refractivity contribution in [3.63, 3.8) is 0 Å². The summed E-state index contributed by atoms with van der Waals surface area (Å²) in [4.78, 5) is 22.7. The molecule has 0 spiro atoms. The maximum atomic E-state index is 12.0. The largest absolute Gasteiger partial charge is 0.478 e. The maximum absolute atomic E-state index is 12.0. The molecule has 1 unspecified atom stereocenters. The molecule has 5 heteroatoms. The summed E-state index contributed by atoms with van der Waals surface area (Å²) < 4.78 is 4.97. The van der Waals surface area contributed by atoms with Crippen molar-refractivity contribution in [3.05, 3.63) is 59.0 Å². The SMILES string of the molecule is Cc1ccccc1CC(C)NC(=O)c1cc(C(=O)O)co1. The summed E-state index contributed by atoms with van der Waals surface area (Å²) in [6.45, 7) is 3.92. The minimum Gasteiger partial charge on any atom is -0.478 e. The van der Waals surface area contributed by atoms with Gasteiger partial charge in [-0.15, -0.1) is 0 Å². The van der Waals surface area contributed by atoms with E-state index in [9.17, 15) is 9.59 Å². The molecule has 1 atom stereocenters. The quantitative estimate of drug-likeness (QED) is 0.886. The van der Waals surface area contributed by atoms with Crippen molar-refractivity contribution >= 4 is 11.9 Å². The van der Waals surface area contributed by atoms with Gasteiger partial charge < -0.3 is 14.8 Å². The summed E-state index contributed by atoms with van der Waals surface area (Å²) in [5, 5.41) is 11.6. The summed E-state index contributed by atoms with van der Waals surface area (Å²) in [5.41, 5.74) is 2.30. The predicted molar refractivity (Wildman–Crippen MR) is 77.5 cm³/mol. The lowest BCUT2D eigenvalue weighted by molar-refractivity contribution is 0.0695. The van der Waals surface area contributed by atoms with Gasteiger partial charge in [0.25, 0.3) is 5.91 Å². The van der Waals surface area contributed by atoms with E-state index in [1.165, 1.54) is 11.6 Å². The number of hydrogen-bond donors (Lipinski definition) is 2. The first-order valence-electron chi connectivity index (χ1n) is 6.64. The van der Waals surface area contributed by atoms with E-state index in [0.29, 0.717) is 6.42 Å². The average molecular weight is 287 g/mol. The van der Waals surface area contributed by atoms with E-state index in [0.717, 1.165) is 11.8 Å². The third kappa shape index (κ3) is 3.72. The zero-order valence-corrected chi connectivity index (χ0v) is 11.9.